The van der Waals surface area contributed by atoms with E-state index in [0.29, 0.717) is 11.7 Å². The van der Waals surface area contributed by atoms with Crippen molar-refractivity contribution in [2.75, 3.05) is 6.54 Å². The number of rotatable bonds is 10. The molecule has 3 N–H and O–H groups in total. The van der Waals surface area contributed by atoms with Crippen LogP contribution in [-0.4, -0.2) is 43.5 Å². The zero-order valence-electron chi connectivity index (χ0n) is 18.3. The molecule has 3 rings (SSSR count). The normalized spacial score (nSPS) is 12.1. The number of aromatic nitrogens is 4. The van der Waals surface area contributed by atoms with Crippen LogP contribution < -0.4 is 10.6 Å². The molecule has 3 amide bonds. The number of unbranched alkanes of at least 4 members (excludes halogenated alkanes) is 3. The molecule has 0 radical (unpaired) electrons. The predicted molar refractivity (Wildman–Crippen MR) is 124 cm³/mol. The molecule has 0 bridgehead atoms. The number of benzene rings is 1. The highest BCUT2D eigenvalue weighted by molar-refractivity contribution is 8.00. The van der Waals surface area contributed by atoms with Crippen LogP contribution in [0.5, 0.6) is 0 Å². The Kier molecular flexibility index (Phi) is 8.11. The van der Waals surface area contributed by atoms with Crippen LogP contribution >= 0.6 is 11.8 Å². The maximum Gasteiger partial charge on any atom is 0.321 e. The molecular weight excluding hydrogens is 412 g/mol. The van der Waals surface area contributed by atoms with Crippen molar-refractivity contribution in [1.29, 1.82) is 0 Å². The molecular formula is C22H30N6O2S. The van der Waals surface area contributed by atoms with E-state index < -0.39 is 11.3 Å². The zero-order chi connectivity index (χ0) is 22.2. The van der Waals surface area contributed by atoms with Gasteiger partial charge < -0.3 is 14.9 Å². The molecule has 0 aliphatic heterocycles. The van der Waals surface area contributed by atoms with Crippen LogP contribution in [0.25, 0.3) is 22.3 Å². The predicted octanol–water partition coefficient (Wildman–Crippen LogP) is 4.33. The van der Waals surface area contributed by atoms with Crippen LogP contribution in [0.1, 0.15) is 46.5 Å². The monoisotopic (exact) mass is 442 g/mol. The Morgan fingerprint density at radius 3 is 2.74 bits per heavy atom. The fraction of sp³-hybridized carbons (Fsp3) is 0.455. The van der Waals surface area contributed by atoms with Gasteiger partial charge in [-0.15, -0.1) is 10.2 Å². The van der Waals surface area contributed by atoms with Crippen LogP contribution in [-0.2, 0) is 11.3 Å². The van der Waals surface area contributed by atoms with E-state index in [2.05, 4.69) is 43.4 Å². The first kappa shape index (κ1) is 22.9. The van der Waals surface area contributed by atoms with Crippen LogP contribution in [0, 0.1) is 0 Å². The molecule has 3 aromatic rings. The third-order valence-corrected chi connectivity index (χ3v) is 6.09. The summed E-state index contributed by atoms with van der Waals surface area (Å²) in [7, 11) is 0. The third kappa shape index (κ3) is 5.66. The van der Waals surface area contributed by atoms with Crippen LogP contribution in [0.2, 0.25) is 0 Å². The largest absolute Gasteiger partial charge is 0.360 e. The molecule has 0 spiro atoms. The Labute approximate surface area is 186 Å². The lowest BCUT2D eigenvalue weighted by Crippen LogP contribution is -2.42. The average Bonchev–Trinajstić information content (AvgIpc) is 3.35. The van der Waals surface area contributed by atoms with Crippen molar-refractivity contribution in [3.8, 4) is 11.4 Å². The first-order valence-electron chi connectivity index (χ1n) is 10.8. The van der Waals surface area contributed by atoms with E-state index in [1.807, 2.05) is 24.4 Å². The zero-order valence-corrected chi connectivity index (χ0v) is 19.1. The fourth-order valence-corrected chi connectivity index (χ4v) is 4.23. The lowest BCUT2D eigenvalue weighted by Gasteiger charge is -2.13. The standard InChI is InChI=1S/C22H30N6O2S/c1-4-6-7-10-13-28-19(17-14-24-18-12-9-8-11-16(17)18)26-27-22(28)31-15(3)20(29)25-21(30)23-5-2/h8-9,11-12,14-15,24H,4-7,10,13H2,1-3H3,(H2,23,25,29,30). The molecule has 9 heteroatoms. The highest BCUT2D eigenvalue weighted by Crippen LogP contribution is 2.31. The molecule has 1 unspecified atom stereocenters. The van der Waals surface area contributed by atoms with Gasteiger partial charge in [0.1, 0.15) is 0 Å². The second-order valence-electron chi connectivity index (χ2n) is 7.38. The molecule has 0 aliphatic carbocycles. The fourth-order valence-electron chi connectivity index (χ4n) is 3.36. The molecule has 2 aromatic heterocycles. The van der Waals surface area contributed by atoms with E-state index in [1.165, 1.54) is 18.2 Å². The Bertz CT molecular complexity index is 1030. The average molecular weight is 443 g/mol. The number of H-pyrrole nitrogens is 1. The van der Waals surface area contributed by atoms with E-state index in [1.54, 1.807) is 13.8 Å². The minimum atomic E-state index is -0.489. The summed E-state index contributed by atoms with van der Waals surface area (Å²) >= 11 is 1.31. The quantitative estimate of drug-likeness (QED) is 0.320. The Morgan fingerprint density at radius 2 is 1.97 bits per heavy atom. The van der Waals surface area contributed by atoms with Gasteiger partial charge in [0, 0.05) is 35.8 Å². The van der Waals surface area contributed by atoms with Gasteiger partial charge in [-0.2, -0.15) is 0 Å². The Morgan fingerprint density at radius 1 is 1.16 bits per heavy atom. The second kappa shape index (κ2) is 11.0. The summed E-state index contributed by atoms with van der Waals surface area (Å²) in [6.07, 6.45) is 6.43. The molecule has 0 fully saturated rings. The highest BCUT2D eigenvalue weighted by atomic mass is 32.2. The Hall–Kier alpha value is -2.81. The number of aromatic amines is 1. The number of fused-ring (bicyclic) bond motifs is 1. The minimum absolute atomic E-state index is 0.356. The number of hydrogen-bond acceptors (Lipinski definition) is 5. The molecule has 0 saturated heterocycles. The number of nitrogens with zero attached hydrogens (tertiary/aromatic N) is 3. The maximum atomic E-state index is 12.4. The summed E-state index contributed by atoms with van der Waals surface area (Å²) < 4.78 is 2.09. The van der Waals surface area contributed by atoms with Crippen molar-refractivity contribution in [1.82, 2.24) is 30.4 Å². The van der Waals surface area contributed by atoms with E-state index in [0.717, 1.165) is 48.1 Å². The molecule has 166 valence electrons. The van der Waals surface area contributed by atoms with E-state index >= 15 is 0 Å². The SMILES string of the molecule is CCCCCCn1c(SC(C)C(=O)NC(=O)NCC)nnc1-c1c[nH]c2ccccc12. The number of imide groups is 1. The van der Waals surface area contributed by atoms with Crippen LogP contribution in [0.3, 0.4) is 0 Å². The number of urea groups is 1. The number of amides is 3. The molecule has 0 aliphatic rings. The number of para-hydroxylation sites is 1. The summed E-state index contributed by atoms with van der Waals surface area (Å²) in [5.41, 5.74) is 2.03. The van der Waals surface area contributed by atoms with E-state index in [-0.39, 0.29) is 5.91 Å². The smallest absolute Gasteiger partial charge is 0.321 e. The van der Waals surface area contributed by atoms with Crippen LogP contribution in [0.15, 0.2) is 35.6 Å². The molecule has 2 heterocycles. The van der Waals surface area contributed by atoms with Gasteiger partial charge in [0.25, 0.3) is 0 Å². The van der Waals surface area contributed by atoms with Gasteiger partial charge in [0.2, 0.25) is 5.91 Å². The van der Waals surface area contributed by atoms with Crippen molar-refractivity contribution in [3.63, 3.8) is 0 Å². The Balaban J connectivity index is 1.84. The maximum absolute atomic E-state index is 12.4. The number of carbonyl (C=O) groups is 2. The van der Waals surface area contributed by atoms with Gasteiger partial charge in [-0.1, -0.05) is 56.1 Å². The summed E-state index contributed by atoms with van der Waals surface area (Å²) in [5, 5.41) is 15.1. The van der Waals surface area contributed by atoms with Gasteiger partial charge in [-0.05, 0) is 26.3 Å². The third-order valence-electron chi connectivity index (χ3n) is 5.01. The van der Waals surface area contributed by atoms with Crippen molar-refractivity contribution < 1.29 is 9.59 Å². The van der Waals surface area contributed by atoms with Crippen molar-refractivity contribution in [2.45, 2.75) is 63.4 Å². The number of hydrogen-bond donors (Lipinski definition) is 3. The lowest BCUT2D eigenvalue weighted by atomic mass is 10.1. The molecule has 8 nitrogen and oxygen atoms in total. The topological polar surface area (TPSA) is 105 Å². The number of nitrogens with one attached hydrogen (secondary N) is 3. The van der Waals surface area contributed by atoms with Gasteiger partial charge in [0.15, 0.2) is 11.0 Å². The number of carbonyl (C=O) groups excluding carboxylic acids is 2. The van der Waals surface area contributed by atoms with Gasteiger partial charge in [-0.25, -0.2) is 4.79 Å². The summed E-state index contributed by atoms with van der Waals surface area (Å²) in [6, 6.07) is 7.61. The molecule has 0 saturated carbocycles. The first-order valence-corrected chi connectivity index (χ1v) is 11.7. The molecule has 1 atom stereocenters. The van der Waals surface area contributed by atoms with Crippen molar-refractivity contribution in [3.05, 3.63) is 30.5 Å². The minimum Gasteiger partial charge on any atom is -0.360 e. The molecule has 31 heavy (non-hydrogen) atoms. The van der Waals surface area contributed by atoms with Crippen LogP contribution in [0.4, 0.5) is 4.79 Å². The molecule has 1 aromatic carbocycles. The van der Waals surface area contributed by atoms with E-state index in [9.17, 15) is 9.59 Å². The van der Waals surface area contributed by atoms with Gasteiger partial charge >= 0.3 is 6.03 Å². The summed E-state index contributed by atoms with van der Waals surface area (Å²) in [4.78, 5) is 27.4. The first-order chi connectivity index (χ1) is 15.0. The summed E-state index contributed by atoms with van der Waals surface area (Å²) in [5.74, 6) is 0.429. The number of thioether (sulfide) groups is 1. The summed E-state index contributed by atoms with van der Waals surface area (Å²) in [6.45, 7) is 6.98. The second-order valence-corrected chi connectivity index (χ2v) is 8.68. The van der Waals surface area contributed by atoms with Crippen molar-refractivity contribution in [2.24, 2.45) is 0 Å². The highest BCUT2D eigenvalue weighted by Gasteiger charge is 2.23. The lowest BCUT2D eigenvalue weighted by molar-refractivity contribution is -0.119. The van der Waals surface area contributed by atoms with Crippen molar-refractivity contribution >= 4 is 34.6 Å². The van der Waals surface area contributed by atoms with E-state index in [4.69, 9.17) is 0 Å². The van der Waals surface area contributed by atoms with Gasteiger partial charge in [-0.3, -0.25) is 10.1 Å². The van der Waals surface area contributed by atoms with Gasteiger partial charge in [0.05, 0.1) is 5.25 Å².